The van der Waals surface area contributed by atoms with Gasteiger partial charge in [0.05, 0.1) is 40.7 Å². The summed E-state index contributed by atoms with van der Waals surface area (Å²) in [5.41, 5.74) is 8.35. The first-order chi connectivity index (χ1) is 24.6. The average Bonchev–Trinajstić information content (AvgIpc) is 3.66. The number of anilines is 2. The summed E-state index contributed by atoms with van der Waals surface area (Å²) in [7, 11) is -7.68. The molecule has 0 saturated heterocycles. The Morgan fingerprint density at radius 1 is 0.904 bits per heavy atom. The van der Waals surface area contributed by atoms with E-state index in [1.165, 1.54) is 53.3 Å². The fraction of sp³-hybridized carbons (Fsp3) is 0.139. The van der Waals surface area contributed by atoms with Crippen molar-refractivity contribution in [2.45, 2.75) is 25.7 Å². The number of hydrogen-bond acceptors (Lipinski definition) is 10. The van der Waals surface area contributed by atoms with Crippen LogP contribution >= 0.6 is 0 Å². The molecule has 0 fully saturated rings. The molecule has 0 saturated carbocycles. The van der Waals surface area contributed by atoms with Gasteiger partial charge in [0.15, 0.2) is 17.3 Å². The number of nitrogens with one attached hydrogen (secondary N) is 1. The number of hydrogen-bond donors (Lipinski definition) is 2. The van der Waals surface area contributed by atoms with Gasteiger partial charge in [-0.05, 0) is 92.6 Å². The molecule has 0 aliphatic carbocycles. The van der Waals surface area contributed by atoms with Crippen LogP contribution in [0.4, 0.5) is 15.9 Å². The highest BCUT2D eigenvalue weighted by molar-refractivity contribution is 7.93. The first-order valence-corrected chi connectivity index (χ1v) is 18.7. The zero-order valence-electron chi connectivity index (χ0n) is 28.2. The van der Waals surface area contributed by atoms with Crippen LogP contribution in [0.2, 0.25) is 0 Å². The molecule has 0 aliphatic rings. The van der Waals surface area contributed by atoms with Gasteiger partial charge >= 0.3 is 5.97 Å². The second-order valence-corrected chi connectivity index (χ2v) is 15.4. The van der Waals surface area contributed by atoms with Crippen molar-refractivity contribution in [1.29, 1.82) is 0 Å². The quantitative estimate of drug-likeness (QED) is 0.124. The van der Waals surface area contributed by atoms with Gasteiger partial charge < -0.3 is 15.2 Å². The van der Waals surface area contributed by atoms with E-state index in [2.05, 4.69) is 14.6 Å². The number of sulfonamides is 1. The minimum atomic E-state index is -4.48. The molecule has 16 heteroatoms. The Balaban J connectivity index is 1.44. The normalized spacial score (nSPS) is 11.8. The van der Waals surface area contributed by atoms with E-state index in [-0.39, 0.29) is 38.9 Å². The third-order valence-electron chi connectivity index (χ3n) is 8.21. The highest BCUT2D eigenvalue weighted by Crippen LogP contribution is 2.34. The monoisotopic (exact) mass is 745 g/mol. The van der Waals surface area contributed by atoms with Crippen molar-refractivity contribution in [2.24, 2.45) is 0 Å². The largest absolute Gasteiger partial charge is 0.468 e. The number of nitrogens with zero attached hydrogens (tertiary/aromatic N) is 3. The fourth-order valence-corrected chi connectivity index (χ4v) is 8.11. The van der Waals surface area contributed by atoms with E-state index in [1.807, 2.05) is 0 Å². The van der Waals surface area contributed by atoms with E-state index >= 15 is 0 Å². The molecule has 6 rings (SSSR count). The summed E-state index contributed by atoms with van der Waals surface area (Å²) in [6.45, 7) is 5.12. The molecule has 0 unspecified atom stereocenters. The van der Waals surface area contributed by atoms with Crippen LogP contribution in [0.15, 0.2) is 96.0 Å². The van der Waals surface area contributed by atoms with E-state index in [9.17, 15) is 30.8 Å². The number of aryl methyl sites for hydroxylation is 3. The number of methoxy groups -OCH3 is 1. The Bertz CT molecular complexity index is 2620. The summed E-state index contributed by atoms with van der Waals surface area (Å²) < 4.78 is 82.9. The SMILES string of the molecule is COC(=O)CS(=O)(=O)Nc1cc2c(cc1C)cc(C(=O)c1cnn(-c3ccc(Oc4ccccc4F)cc3C)c1N)n2S(=O)(=O)c1ccc(C)cc1. The molecule has 4 aromatic carbocycles. The number of carbonyl (C=O) groups excluding carboxylic acids is 2. The molecule has 0 radical (unpaired) electrons. The molecule has 0 amide bonds. The van der Waals surface area contributed by atoms with Crippen LogP contribution in [0.3, 0.4) is 0 Å². The number of nitrogens with two attached hydrogens (primary N) is 1. The summed E-state index contributed by atoms with van der Waals surface area (Å²) >= 11 is 0. The van der Waals surface area contributed by atoms with Crippen LogP contribution in [0.5, 0.6) is 11.5 Å². The second kappa shape index (κ2) is 13.6. The van der Waals surface area contributed by atoms with Crippen molar-refractivity contribution in [3.05, 3.63) is 125 Å². The van der Waals surface area contributed by atoms with Crippen molar-refractivity contribution in [1.82, 2.24) is 13.8 Å². The molecule has 2 aromatic heterocycles. The molecule has 0 bridgehead atoms. The van der Waals surface area contributed by atoms with E-state index in [0.29, 0.717) is 28.0 Å². The molecule has 2 heterocycles. The van der Waals surface area contributed by atoms with Crippen LogP contribution in [0.1, 0.15) is 32.7 Å². The first kappa shape index (κ1) is 35.8. The molecule has 13 nitrogen and oxygen atoms in total. The summed E-state index contributed by atoms with van der Waals surface area (Å²) in [4.78, 5) is 25.9. The van der Waals surface area contributed by atoms with Crippen LogP contribution in [-0.4, -0.2) is 55.2 Å². The number of fused-ring (bicyclic) bond motifs is 1. The number of esters is 1. The molecular formula is C36H32FN5O8S2. The molecule has 0 spiro atoms. The van der Waals surface area contributed by atoms with Crippen LogP contribution in [0, 0.1) is 26.6 Å². The number of benzene rings is 4. The molecular weight excluding hydrogens is 714 g/mol. The molecule has 0 aliphatic heterocycles. The van der Waals surface area contributed by atoms with Gasteiger partial charge in [-0.15, -0.1) is 0 Å². The van der Waals surface area contributed by atoms with E-state index in [1.54, 1.807) is 63.2 Å². The number of aromatic nitrogens is 3. The lowest BCUT2D eigenvalue weighted by Crippen LogP contribution is -2.24. The van der Waals surface area contributed by atoms with Crippen molar-refractivity contribution in [3.63, 3.8) is 0 Å². The Morgan fingerprint density at radius 3 is 2.29 bits per heavy atom. The predicted molar refractivity (Wildman–Crippen MR) is 192 cm³/mol. The van der Waals surface area contributed by atoms with E-state index in [0.717, 1.165) is 16.6 Å². The van der Waals surface area contributed by atoms with Gasteiger partial charge in [0.1, 0.15) is 17.3 Å². The Hall–Kier alpha value is -6.00. The summed E-state index contributed by atoms with van der Waals surface area (Å²) in [6, 6.07) is 21.0. The summed E-state index contributed by atoms with van der Waals surface area (Å²) in [5.74, 6) is -2.98. The minimum absolute atomic E-state index is 0.0147. The Kier molecular flexibility index (Phi) is 9.38. The average molecular weight is 746 g/mol. The number of carbonyl (C=O) groups is 2. The van der Waals surface area contributed by atoms with Crippen LogP contribution in [0.25, 0.3) is 16.6 Å². The van der Waals surface area contributed by atoms with Crippen LogP contribution in [-0.2, 0) is 29.6 Å². The molecule has 0 atom stereocenters. The molecule has 52 heavy (non-hydrogen) atoms. The van der Waals surface area contributed by atoms with Gasteiger partial charge in [-0.2, -0.15) is 5.10 Å². The third kappa shape index (κ3) is 6.85. The lowest BCUT2D eigenvalue weighted by Gasteiger charge is -2.14. The topological polar surface area (TPSA) is 182 Å². The fourth-order valence-electron chi connectivity index (χ4n) is 5.55. The molecule has 268 valence electrons. The number of ether oxygens (including phenoxy) is 2. The van der Waals surface area contributed by atoms with Crippen LogP contribution < -0.4 is 15.2 Å². The van der Waals surface area contributed by atoms with Gasteiger partial charge in [-0.1, -0.05) is 29.8 Å². The second-order valence-electron chi connectivity index (χ2n) is 11.9. The van der Waals surface area contributed by atoms with E-state index in [4.69, 9.17) is 10.5 Å². The summed E-state index contributed by atoms with van der Waals surface area (Å²) in [5, 5.41) is 4.64. The van der Waals surface area contributed by atoms with Crippen molar-refractivity contribution in [3.8, 4) is 17.2 Å². The number of ketones is 1. The maximum Gasteiger partial charge on any atom is 0.322 e. The van der Waals surface area contributed by atoms with Gasteiger partial charge in [-0.3, -0.25) is 14.3 Å². The van der Waals surface area contributed by atoms with Crippen molar-refractivity contribution in [2.75, 3.05) is 23.3 Å². The van der Waals surface area contributed by atoms with Gasteiger partial charge in [0, 0.05) is 5.39 Å². The van der Waals surface area contributed by atoms with Gasteiger partial charge in [0.2, 0.25) is 15.8 Å². The zero-order chi connectivity index (χ0) is 37.5. The highest BCUT2D eigenvalue weighted by atomic mass is 32.2. The third-order valence-corrected chi connectivity index (χ3v) is 11.1. The van der Waals surface area contributed by atoms with Gasteiger partial charge in [0.25, 0.3) is 10.0 Å². The Labute approximate surface area is 298 Å². The molecule has 3 N–H and O–H groups in total. The maximum absolute atomic E-state index is 14.3. The number of nitrogen functional groups attached to an aromatic ring is 1. The number of rotatable bonds is 11. The number of para-hydroxylation sites is 1. The van der Waals surface area contributed by atoms with E-state index < -0.39 is 43.4 Å². The smallest absolute Gasteiger partial charge is 0.322 e. The standard InChI is InChI=1S/C36H32FN5O8S2/c1-21-9-12-26(13-10-21)52(47,48)42-31-18-29(40-51(45,46)20-34(43)49-4)22(2)15-24(31)17-32(42)35(44)27-19-39-41(36(27)38)30-14-11-25(16-23(30)3)50-33-8-6-5-7-28(33)37/h5-19,40H,20,38H2,1-4H3. The predicted octanol–water partition coefficient (Wildman–Crippen LogP) is 5.65. The highest BCUT2D eigenvalue weighted by Gasteiger charge is 2.30. The Morgan fingerprint density at radius 2 is 1.62 bits per heavy atom. The lowest BCUT2D eigenvalue weighted by atomic mass is 10.1. The summed E-state index contributed by atoms with van der Waals surface area (Å²) in [6.07, 6.45) is 1.22. The van der Waals surface area contributed by atoms with Crippen molar-refractivity contribution >= 4 is 54.2 Å². The molecule has 6 aromatic rings. The first-order valence-electron chi connectivity index (χ1n) is 15.6. The lowest BCUT2D eigenvalue weighted by molar-refractivity contribution is -0.137. The van der Waals surface area contributed by atoms with Gasteiger partial charge in [-0.25, -0.2) is 29.9 Å². The number of halogens is 1. The zero-order valence-corrected chi connectivity index (χ0v) is 29.9. The minimum Gasteiger partial charge on any atom is -0.468 e. The van der Waals surface area contributed by atoms with Crippen molar-refractivity contribution < 1.29 is 40.3 Å². The maximum atomic E-state index is 14.3.